The lowest BCUT2D eigenvalue weighted by Gasteiger charge is -2.36. The summed E-state index contributed by atoms with van der Waals surface area (Å²) in [7, 11) is 0. The number of urea groups is 1. The van der Waals surface area contributed by atoms with Crippen LogP contribution < -0.4 is 10.2 Å². The van der Waals surface area contributed by atoms with Crippen molar-refractivity contribution in [3.63, 3.8) is 0 Å². The van der Waals surface area contributed by atoms with Gasteiger partial charge in [0.15, 0.2) is 0 Å². The van der Waals surface area contributed by atoms with Crippen molar-refractivity contribution in [3.8, 4) is 0 Å². The Morgan fingerprint density at radius 1 is 1.09 bits per heavy atom. The van der Waals surface area contributed by atoms with Crippen LogP contribution in [-0.4, -0.2) is 65.3 Å². The van der Waals surface area contributed by atoms with E-state index in [0.717, 1.165) is 4.90 Å². The molecule has 1 unspecified atom stereocenters. The highest BCUT2D eigenvalue weighted by Gasteiger charge is 2.49. The summed E-state index contributed by atoms with van der Waals surface area (Å²) in [5.41, 5.74) is -0.499. The number of carbonyl (C=O) groups excluding carboxylic acids is 3. The molecule has 1 atom stereocenters. The number of hydrogen-bond acceptors (Lipinski definition) is 6. The van der Waals surface area contributed by atoms with Crippen molar-refractivity contribution in [1.29, 1.82) is 0 Å². The minimum absolute atomic E-state index is 0.00306. The van der Waals surface area contributed by atoms with E-state index < -0.39 is 40.7 Å². The van der Waals surface area contributed by atoms with Crippen molar-refractivity contribution < 1.29 is 23.7 Å². The maximum Gasteiger partial charge on any atom is 0.325 e. The summed E-state index contributed by atoms with van der Waals surface area (Å²) in [5, 5.41) is 13.9. The van der Waals surface area contributed by atoms with Crippen molar-refractivity contribution in [2.24, 2.45) is 0 Å². The number of nitrogens with zero attached hydrogens (tertiary/aromatic N) is 4. The highest BCUT2D eigenvalue weighted by molar-refractivity contribution is 6.09. The summed E-state index contributed by atoms with van der Waals surface area (Å²) >= 11 is 0. The van der Waals surface area contributed by atoms with Gasteiger partial charge >= 0.3 is 6.03 Å². The summed E-state index contributed by atoms with van der Waals surface area (Å²) in [4.78, 5) is 53.4. The van der Waals surface area contributed by atoms with Crippen LogP contribution in [0.5, 0.6) is 0 Å². The van der Waals surface area contributed by atoms with Gasteiger partial charge in [-0.3, -0.25) is 24.6 Å². The average Bonchev–Trinajstić information content (AvgIpc) is 3.03. The molecule has 2 aromatic carbocycles. The molecule has 4 amide bonds. The average molecular weight is 455 g/mol. The normalized spacial score (nSPS) is 20.7. The van der Waals surface area contributed by atoms with E-state index in [4.69, 9.17) is 0 Å². The highest BCUT2D eigenvalue weighted by Crippen LogP contribution is 2.30. The van der Waals surface area contributed by atoms with Gasteiger partial charge in [0, 0.05) is 32.2 Å². The van der Waals surface area contributed by atoms with Gasteiger partial charge in [0.25, 0.3) is 11.6 Å². The van der Waals surface area contributed by atoms with Gasteiger partial charge in [0.1, 0.15) is 23.6 Å². The molecule has 0 aliphatic carbocycles. The summed E-state index contributed by atoms with van der Waals surface area (Å²) in [6.07, 6.45) is 0. The highest BCUT2D eigenvalue weighted by atomic mass is 19.1. The zero-order valence-electron chi connectivity index (χ0n) is 17.9. The molecule has 0 spiro atoms. The summed E-state index contributed by atoms with van der Waals surface area (Å²) in [5.74, 6) is -1.46. The third kappa shape index (κ3) is 4.09. The zero-order chi connectivity index (χ0) is 23.8. The number of carbonyl (C=O) groups is 3. The number of para-hydroxylation sites is 2. The Kier molecular flexibility index (Phi) is 5.71. The largest absolute Gasteiger partial charge is 0.362 e. The molecule has 2 saturated heterocycles. The van der Waals surface area contributed by atoms with Gasteiger partial charge in [-0.2, -0.15) is 0 Å². The molecule has 10 nitrogen and oxygen atoms in total. The van der Waals surface area contributed by atoms with Crippen molar-refractivity contribution in [2.75, 3.05) is 37.6 Å². The minimum atomic E-state index is -1.39. The summed E-state index contributed by atoms with van der Waals surface area (Å²) in [6.45, 7) is 2.44. The fourth-order valence-electron chi connectivity index (χ4n) is 4.14. The first-order valence-electron chi connectivity index (χ1n) is 10.4. The summed E-state index contributed by atoms with van der Waals surface area (Å²) < 4.78 is 13.3. The van der Waals surface area contributed by atoms with Crippen molar-refractivity contribution >= 4 is 29.2 Å². The SMILES string of the molecule is CC1(c2ccc(F)cc2)NC(=O)N(CC(=O)N2CCN(c3ccccc3[N+](=O)[O-])CC2)C1=O. The zero-order valence-corrected chi connectivity index (χ0v) is 17.9. The number of hydrogen-bond donors (Lipinski definition) is 1. The Labute approximate surface area is 188 Å². The Hall–Kier alpha value is -4.02. The van der Waals surface area contributed by atoms with Gasteiger partial charge in [-0.1, -0.05) is 24.3 Å². The van der Waals surface area contributed by atoms with Crippen LogP contribution in [0.3, 0.4) is 0 Å². The van der Waals surface area contributed by atoms with Crippen LogP contribution in [0, 0.1) is 15.9 Å². The van der Waals surface area contributed by atoms with Crippen molar-refractivity contribution in [2.45, 2.75) is 12.5 Å². The Balaban J connectivity index is 1.40. The minimum Gasteiger partial charge on any atom is -0.362 e. The fourth-order valence-corrected chi connectivity index (χ4v) is 4.14. The quantitative estimate of drug-likeness (QED) is 0.418. The molecule has 172 valence electrons. The molecule has 1 N–H and O–H groups in total. The molecule has 4 rings (SSSR count). The van der Waals surface area contributed by atoms with Gasteiger partial charge in [0.2, 0.25) is 5.91 Å². The molecule has 0 aromatic heterocycles. The Bertz CT molecular complexity index is 1120. The Morgan fingerprint density at radius 2 is 1.73 bits per heavy atom. The predicted molar refractivity (Wildman–Crippen MR) is 116 cm³/mol. The van der Waals surface area contributed by atoms with Gasteiger partial charge in [-0.25, -0.2) is 9.18 Å². The molecule has 2 fully saturated rings. The van der Waals surface area contributed by atoms with E-state index in [1.807, 2.05) is 4.90 Å². The molecule has 11 heteroatoms. The number of imide groups is 1. The molecular formula is C22H22FN5O5. The second-order valence-electron chi connectivity index (χ2n) is 8.07. The fraction of sp³-hybridized carbons (Fsp3) is 0.318. The lowest BCUT2D eigenvalue weighted by Crippen LogP contribution is -2.52. The van der Waals surface area contributed by atoms with Gasteiger partial charge in [-0.15, -0.1) is 0 Å². The van der Waals surface area contributed by atoms with Crippen LogP contribution in [0.4, 0.5) is 20.6 Å². The van der Waals surface area contributed by atoms with Crippen LogP contribution >= 0.6 is 0 Å². The molecule has 2 aromatic rings. The van der Waals surface area contributed by atoms with Gasteiger partial charge in [-0.05, 0) is 30.7 Å². The van der Waals surface area contributed by atoms with Gasteiger partial charge in [0.05, 0.1) is 4.92 Å². The third-order valence-corrected chi connectivity index (χ3v) is 6.04. The molecule has 33 heavy (non-hydrogen) atoms. The van der Waals surface area contributed by atoms with Crippen molar-refractivity contribution in [3.05, 3.63) is 70.0 Å². The van der Waals surface area contributed by atoms with E-state index in [-0.39, 0.29) is 5.69 Å². The van der Waals surface area contributed by atoms with E-state index in [0.29, 0.717) is 37.4 Å². The number of amides is 4. The first-order chi connectivity index (χ1) is 15.7. The van der Waals surface area contributed by atoms with Gasteiger partial charge < -0.3 is 15.1 Å². The molecular weight excluding hydrogens is 433 g/mol. The van der Waals surface area contributed by atoms with E-state index in [1.165, 1.54) is 42.2 Å². The van der Waals surface area contributed by atoms with E-state index in [1.54, 1.807) is 18.2 Å². The Morgan fingerprint density at radius 3 is 2.36 bits per heavy atom. The smallest absolute Gasteiger partial charge is 0.325 e. The van der Waals surface area contributed by atoms with Crippen LogP contribution in [0.15, 0.2) is 48.5 Å². The third-order valence-electron chi connectivity index (χ3n) is 6.04. The predicted octanol–water partition coefficient (Wildman–Crippen LogP) is 1.85. The second-order valence-corrected chi connectivity index (χ2v) is 8.07. The number of nitrogens with one attached hydrogen (secondary N) is 1. The molecule has 2 aliphatic heterocycles. The molecule has 2 heterocycles. The topological polar surface area (TPSA) is 116 Å². The lowest BCUT2D eigenvalue weighted by molar-refractivity contribution is -0.384. The molecule has 2 aliphatic rings. The van der Waals surface area contributed by atoms with Crippen LogP contribution in [-0.2, 0) is 15.1 Å². The number of rotatable bonds is 5. The van der Waals surface area contributed by atoms with E-state index in [9.17, 15) is 28.9 Å². The number of nitro benzene ring substituents is 1. The number of nitro groups is 1. The standard InChI is InChI=1S/C22H22FN5O5/c1-22(15-6-8-16(23)9-7-15)20(30)27(21(31)24-22)14-19(29)26-12-10-25(11-13-26)17-4-2-3-5-18(17)28(32)33/h2-9H,10-14H2,1H3,(H,24,31). The maximum absolute atomic E-state index is 13.3. The van der Waals surface area contributed by atoms with Crippen molar-refractivity contribution in [1.82, 2.24) is 15.1 Å². The van der Waals surface area contributed by atoms with E-state index in [2.05, 4.69) is 5.32 Å². The number of piperazine rings is 1. The van der Waals surface area contributed by atoms with Crippen LogP contribution in [0.25, 0.3) is 0 Å². The molecule has 0 saturated carbocycles. The number of benzene rings is 2. The molecule has 0 radical (unpaired) electrons. The first kappa shape index (κ1) is 22.2. The van der Waals surface area contributed by atoms with Crippen LogP contribution in [0.1, 0.15) is 12.5 Å². The lowest BCUT2D eigenvalue weighted by atomic mass is 9.92. The number of anilines is 1. The second kappa shape index (κ2) is 8.49. The monoisotopic (exact) mass is 455 g/mol. The van der Waals surface area contributed by atoms with E-state index >= 15 is 0 Å². The molecule has 0 bridgehead atoms. The first-order valence-corrected chi connectivity index (χ1v) is 10.4. The number of halogens is 1. The maximum atomic E-state index is 13.3. The van der Waals surface area contributed by atoms with Crippen LogP contribution in [0.2, 0.25) is 0 Å². The summed E-state index contributed by atoms with van der Waals surface area (Å²) in [6, 6.07) is 11.0.